The fourth-order valence-corrected chi connectivity index (χ4v) is 3.14. The van der Waals surface area contributed by atoms with E-state index in [0.29, 0.717) is 0 Å². The smallest absolute Gasteiger partial charge is 0.129 e. The lowest BCUT2D eigenvalue weighted by molar-refractivity contribution is 0.414. The van der Waals surface area contributed by atoms with E-state index in [4.69, 9.17) is 16.3 Å². The van der Waals surface area contributed by atoms with Crippen molar-refractivity contribution in [3.63, 3.8) is 0 Å². The molecule has 126 valence electrons. The van der Waals surface area contributed by atoms with Crippen LogP contribution in [-0.4, -0.2) is 26.4 Å². The van der Waals surface area contributed by atoms with Crippen molar-refractivity contribution in [2.45, 2.75) is 26.2 Å². The van der Waals surface area contributed by atoms with Crippen molar-refractivity contribution < 1.29 is 4.74 Å². The molecular weight excluding hydrogens is 320 g/mol. The highest BCUT2D eigenvalue weighted by molar-refractivity contribution is 6.31. The van der Waals surface area contributed by atoms with Gasteiger partial charge >= 0.3 is 0 Å². The number of hydrogen-bond acceptors (Lipinski definition) is 3. The van der Waals surface area contributed by atoms with Gasteiger partial charge in [-0.1, -0.05) is 17.7 Å². The van der Waals surface area contributed by atoms with Crippen LogP contribution in [0.3, 0.4) is 0 Å². The van der Waals surface area contributed by atoms with E-state index in [1.807, 2.05) is 31.3 Å². The molecule has 1 fully saturated rings. The molecule has 3 rings (SSSR count). The van der Waals surface area contributed by atoms with Crippen molar-refractivity contribution in [3.05, 3.63) is 52.5 Å². The minimum absolute atomic E-state index is 0.733. The molecule has 1 heterocycles. The molecule has 0 aliphatic carbocycles. The Morgan fingerprint density at radius 3 is 2.58 bits per heavy atom. The zero-order valence-electron chi connectivity index (χ0n) is 14.3. The highest BCUT2D eigenvalue weighted by Gasteiger charge is 2.12. The van der Waals surface area contributed by atoms with E-state index in [2.05, 4.69) is 28.1 Å². The number of ether oxygens (including phenoxy) is 1. The van der Waals surface area contributed by atoms with E-state index in [9.17, 15) is 0 Å². The van der Waals surface area contributed by atoms with E-state index >= 15 is 0 Å². The van der Waals surface area contributed by atoms with Crippen LogP contribution < -0.4 is 9.64 Å². The summed E-state index contributed by atoms with van der Waals surface area (Å²) < 4.78 is 5.56. The third kappa shape index (κ3) is 3.90. The first-order valence-corrected chi connectivity index (χ1v) is 8.78. The van der Waals surface area contributed by atoms with Gasteiger partial charge in [-0.2, -0.15) is 0 Å². The number of halogens is 1. The van der Waals surface area contributed by atoms with Crippen LogP contribution in [0, 0.1) is 6.92 Å². The molecule has 24 heavy (non-hydrogen) atoms. The fourth-order valence-electron chi connectivity index (χ4n) is 2.96. The maximum absolute atomic E-state index is 6.16. The Morgan fingerprint density at radius 2 is 1.88 bits per heavy atom. The summed E-state index contributed by atoms with van der Waals surface area (Å²) in [4.78, 5) is 6.95. The molecule has 2 aromatic carbocycles. The maximum Gasteiger partial charge on any atom is 0.129 e. The van der Waals surface area contributed by atoms with Gasteiger partial charge in [-0.15, -0.1) is 0 Å². The second-order valence-electron chi connectivity index (χ2n) is 6.17. The molecule has 1 aliphatic rings. The monoisotopic (exact) mass is 342 g/mol. The van der Waals surface area contributed by atoms with Crippen molar-refractivity contribution in [2.24, 2.45) is 4.99 Å². The van der Waals surface area contributed by atoms with Gasteiger partial charge in [0.15, 0.2) is 0 Å². The van der Waals surface area contributed by atoms with E-state index in [1.165, 1.54) is 24.9 Å². The summed E-state index contributed by atoms with van der Waals surface area (Å²) in [5.41, 5.74) is 4.09. The number of methoxy groups -OCH3 is 1. The third-order valence-electron chi connectivity index (χ3n) is 4.45. The second kappa shape index (κ2) is 7.71. The molecule has 0 bridgehead atoms. The predicted molar refractivity (Wildman–Crippen MR) is 103 cm³/mol. The summed E-state index contributed by atoms with van der Waals surface area (Å²) in [6, 6.07) is 12.1. The quantitative estimate of drug-likeness (QED) is 0.695. The van der Waals surface area contributed by atoms with Gasteiger partial charge in [0, 0.05) is 41.6 Å². The molecule has 0 N–H and O–H groups in total. The lowest BCUT2D eigenvalue weighted by Crippen LogP contribution is -2.29. The first kappa shape index (κ1) is 16.8. The average molecular weight is 343 g/mol. The van der Waals surface area contributed by atoms with Gasteiger partial charge in [-0.05, 0) is 56.0 Å². The van der Waals surface area contributed by atoms with Crippen molar-refractivity contribution in [3.8, 4) is 5.75 Å². The van der Waals surface area contributed by atoms with E-state index < -0.39 is 0 Å². The lowest BCUT2D eigenvalue weighted by Gasteiger charge is -2.29. The summed E-state index contributed by atoms with van der Waals surface area (Å²) in [6.45, 7) is 4.23. The highest BCUT2D eigenvalue weighted by atomic mass is 35.5. The van der Waals surface area contributed by atoms with E-state index in [0.717, 1.165) is 40.7 Å². The zero-order valence-corrected chi connectivity index (χ0v) is 15.0. The third-order valence-corrected chi connectivity index (χ3v) is 4.85. The predicted octanol–water partition coefficient (Wildman–Crippen LogP) is 5.40. The number of aliphatic imine (C=N–C) groups is 1. The van der Waals surface area contributed by atoms with Crippen LogP contribution in [0.15, 0.2) is 41.4 Å². The van der Waals surface area contributed by atoms with Crippen molar-refractivity contribution in [1.29, 1.82) is 0 Å². The van der Waals surface area contributed by atoms with Crippen LogP contribution in [0.25, 0.3) is 0 Å². The minimum atomic E-state index is 0.733. The number of aryl methyl sites for hydroxylation is 1. The van der Waals surface area contributed by atoms with Gasteiger partial charge in [-0.3, -0.25) is 4.99 Å². The molecule has 4 heteroatoms. The Balaban J connectivity index is 1.82. The molecule has 3 nitrogen and oxygen atoms in total. The Kier molecular flexibility index (Phi) is 5.41. The zero-order chi connectivity index (χ0) is 16.9. The molecule has 0 radical (unpaired) electrons. The molecule has 1 saturated heterocycles. The van der Waals surface area contributed by atoms with Crippen LogP contribution in [-0.2, 0) is 0 Å². The number of anilines is 1. The number of rotatable bonds is 4. The molecule has 0 amide bonds. The van der Waals surface area contributed by atoms with Crippen LogP contribution >= 0.6 is 11.6 Å². The van der Waals surface area contributed by atoms with Crippen LogP contribution in [0.4, 0.5) is 11.4 Å². The topological polar surface area (TPSA) is 24.8 Å². The summed E-state index contributed by atoms with van der Waals surface area (Å²) in [7, 11) is 1.70. The molecule has 0 aromatic heterocycles. The Hall–Kier alpha value is -2.00. The van der Waals surface area contributed by atoms with E-state index in [1.54, 1.807) is 7.11 Å². The molecule has 2 aromatic rings. The first-order valence-electron chi connectivity index (χ1n) is 8.40. The second-order valence-corrected chi connectivity index (χ2v) is 6.57. The Morgan fingerprint density at radius 1 is 1.08 bits per heavy atom. The van der Waals surface area contributed by atoms with Gasteiger partial charge in [0.25, 0.3) is 0 Å². The van der Waals surface area contributed by atoms with Crippen LogP contribution in [0.2, 0.25) is 5.02 Å². The lowest BCUT2D eigenvalue weighted by atomic mass is 10.1. The van der Waals surface area contributed by atoms with Gasteiger partial charge in [0.2, 0.25) is 0 Å². The summed E-state index contributed by atoms with van der Waals surface area (Å²) in [5, 5.41) is 0.733. The standard InChI is InChI=1S/C20H23ClN2O/c1-15-6-8-17(12-19(15)21)22-14-16-7-9-18(13-20(16)24-2)23-10-4-3-5-11-23/h6-9,12-14H,3-5,10-11H2,1-2H3. The normalized spacial score (nSPS) is 15.0. The first-order chi connectivity index (χ1) is 11.7. The fraction of sp³-hybridized carbons (Fsp3) is 0.350. The highest BCUT2D eigenvalue weighted by Crippen LogP contribution is 2.28. The summed E-state index contributed by atoms with van der Waals surface area (Å²) in [5.74, 6) is 0.847. The minimum Gasteiger partial charge on any atom is -0.496 e. The molecule has 0 atom stereocenters. The Labute approximate surface area is 148 Å². The van der Waals surface area contributed by atoms with Gasteiger partial charge in [0.1, 0.15) is 5.75 Å². The summed E-state index contributed by atoms with van der Waals surface area (Å²) in [6.07, 6.45) is 5.69. The van der Waals surface area contributed by atoms with Crippen molar-refractivity contribution in [1.82, 2.24) is 0 Å². The average Bonchev–Trinajstić information content (AvgIpc) is 2.63. The van der Waals surface area contributed by atoms with Gasteiger partial charge in [-0.25, -0.2) is 0 Å². The van der Waals surface area contributed by atoms with Crippen molar-refractivity contribution >= 4 is 29.2 Å². The number of benzene rings is 2. The number of piperidine rings is 1. The van der Waals surface area contributed by atoms with Gasteiger partial charge in [0.05, 0.1) is 12.8 Å². The SMILES string of the molecule is COc1cc(N2CCCCC2)ccc1C=Nc1ccc(C)c(Cl)c1. The molecule has 0 unspecified atom stereocenters. The van der Waals surface area contributed by atoms with Crippen LogP contribution in [0.5, 0.6) is 5.75 Å². The van der Waals surface area contributed by atoms with Crippen molar-refractivity contribution in [2.75, 3.05) is 25.1 Å². The summed E-state index contributed by atoms with van der Waals surface area (Å²) >= 11 is 6.16. The maximum atomic E-state index is 6.16. The largest absolute Gasteiger partial charge is 0.496 e. The number of hydrogen-bond donors (Lipinski definition) is 0. The molecular formula is C20H23ClN2O. The molecule has 1 aliphatic heterocycles. The molecule has 0 spiro atoms. The van der Waals surface area contributed by atoms with Crippen LogP contribution in [0.1, 0.15) is 30.4 Å². The Bertz CT molecular complexity index is 736. The molecule has 0 saturated carbocycles. The number of nitrogens with zero attached hydrogens (tertiary/aromatic N) is 2. The van der Waals surface area contributed by atoms with Gasteiger partial charge < -0.3 is 9.64 Å². The van der Waals surface area contributed by atoms with E-state index in [-0.39, 0.29) is 0 Å².